The number of alkyl carbamates (subject to hydrolysis) is 1. The number of rotatable bonds is 12. The summed E-state index contributed by atoms with van der Waals surface area (Å²) in [7, 11) is 4.30. The topological polar surface area (TPSA) is 41.6 Å². The summed E-state index contributed by atoms with van der Waals surface area (Å²) in [5, 5.41) is 3.05. The van der Waals surface area contributed by atoms with Gasteiger partial charge in [-0.15, -0.1) is 0 Å². The standard InChI is InChI=1S/C37H66N2O2/c1-25(2)12-10-13-27(5)31-17-18-32-30-16-15-28-24-29(19-21-36(28,6)33(30)20-22-37(31,32)7)41-35(40)38-23-11-14-34(26(3)4)39(8)9/h15,25-27,29-34H,10-14,16-24H2,1-9H3,(H,38,40)/t27-,29+,30+,31-,32+,33+,34?,36+,37-/m1/s1. The Bertz CT molecular complexity index is 887. The van der Waals surface area contributed by atoms with Gasteiger partial charge in [-0.05, 0) is 124 Å². The molecule has 0 aliphatic heterocycles. The third-order valence-electron chi connectivity index (χ3n) is 12.9. The van der Waals surface area contributed by atoms with Crippen LogP contribution in [0.5, 0.6) is 0 Å². The first-order chi connectivity index (χ1) is 19.4. The van der Waals surface area contributed by atoms with Gasteiger partial charge in [0, 0.05) is 19.0 Å². The van der Waals surface area contributed by atoms with Crippen LogP contribution in [0, 0.1) is 52.3 Å². The number of ether oxygens (including phenoxy) is 1. The van der Waals surface area contributed by atoms with Crippen molar-refractivity contribution in [2.45, 2.75) is 144 Å². The van der Waals surface area contributed by atoms with E-state index in [-0.39, 0.29) is 12.2 Å². The fourth-order valence-corrected chi connectivity index (χ4v) is 10.6. The number of amides is 1. The molecule has 4 heteroatoms. The van der Waals surface area contributed by atoms with Gasteiger partial charge in [-0.2, -0.15) is 0 Å². The lowest BCUT2D eigenvalue weighted by Crippen LogP contribution is -2.51. The van der Waals surface area contributed by atoms with E-state index < -0.39 is 0 Å². The van der Waals surface area contributed by atoms with Crippen molar-refractivity contribution in [3.8, 4) is 0 Å². The summed E-state index contributed by atoms with van der Waals surface area (Å²) in [4.78, 5) is 15.0. The van der Waals surface area contributed by atoms with Gasteiger partial charge >= 0.3 is 6.09 Å². The quantitative estimate of drug-likeness (QED) is 0.188. The monoisotopic (exact) mass is 571 g/mol. The molecule has 0 aromatic carbocycles. The zero-order chi connectivity index (χ0) is 29.9. The van der Waals surface area contributed by atoms with E-state index in [0.29, 0.717) is 29.3 Å². The van der Waals surface area contributed by atoms with Gasteiger partial charge in [0.05, 0.1) is 0 Å². The Labute approximate surface area is 254 Å². The van der Waals surface area contributed by atoms with Crippen molar-refractivity contribution in [1.29, 1.82) is 0 Å². The number of carbonyl (C=O) groups is 1. The lowest BCUT2D eigenvalue weighted by Gasteiger charge is -2.58. The van der Waals surface area contributed by atoms with Crippen molar-refractivity contribution < 1.29 is 9.53 Å². The van der Waals surface area contributed by atoms with Crippen molar-refractivity contribution in [2.24, 2.45) is 52.3 Å². The second-order valence-corrected chi connectivity index (χ2v) is 16.4. The minimum Gasteiger partial charge on any atom is -0.446 e. The SMILES string of the molecule is CC(C)CCC[C@@H](C)[C@H]1CC[C@H]2[C@@H]3CC=C4C[C@@H](OC(=O)NCCCC(C(C)C)N(C)C)CC[C@]4(C)[C@H]3CC[C@]12C. The van der Waals surface area contributed by atoms with Gasteiger partial charge in [-0.3, -0.25) is 0 Å². The second kappa shape index (κ2) is 13.7. The number of nitrogens with one attached hydrogen (secondary N) is 1. The van der Waals surface area contributed by atoms with Gasteiger partial charge in [0.2, 0.25) is 0 Å². The van der Waals surface area contributed by atoms with Crippen molar-refractivity contribution in [3.63, 3.8) is 0 Å². The third kappa shape index (κ3) is 7.21. The average molecular weight is 571 g/mol. The molecular formula is C37H66N2O2. The molecule has 236 valence electrons. The zero-order valence-corrected chi connectivity index (χ0v) is 28.4. The summed E-state index contributed by atoms with van der Waals surface area (Å²) in [6.07, 6.45) is 18.9. The molecule has 3 saturated carbocycles. The van der Waals surface area contributed by atoms with Crippen molar-refractivity contribution in [3.05, 3.63) is 11.6 Å². The summed E-state index contributed by atoms with van der Waals surface area (Å²) >= 11 is 0. The maximum Gasteiger partial charge on any atom is 0.407 e. The number of nitrogens with zero attached hydrogens (tertiary/aromatic N) is 1. The number of hydrogen-bond donors (Lipinski definition) is 1. The molecule has 9 atom stereocenters. The largest absolute Gasteiger partial charge is 0.446 e. The van der Waals surface area contributed by atoms with E-state index in [0.717, 1.165) is 61.2 Å². The van der Waals surface area contributed by atoms with Crippen molar-refractivity contribution >= 4 is 6.09 Å². The molecule has 3 fully saturated rings. The fraction of sp³-hybridized carbons (Fsp3) is 0.919. The zero-order valence-electron chi connectivity index (χ0n) is 28.4. The molecule has 4 aliphatic carbocycles. The van der Waals surface area contributed by atoms with Gasteiger partial charge in [-0.1, -0.05) is 79.4 Å². The predicted molar refractivity (Wildman–Crippen MR) is 173 cm³/mol. The van der Waals surface area contributed by atoms with Crippen LogP contribution in [0.25, 0.3) is 0 Å². The Morgan fingerprint density at radius 3 is 2.41 bits per heavy atom. The van der Waals surface area contributed by atoms with Crippen LogP contribution in [-0.2, 0) is 4.74 Å². The predicted octanol–water partition coefficient (Wildman–Crippen LogP) is 9.49. The van der Waals surface area contributed by atoms with Crippen LogP contribution in [0.1, 0.15) is 132 Å². The highest BCUT2D eigenvalue weighted by Gasteiger charge is 2.59. The van der Waals surface area contributed by atoms with Crippen LogP contribution in [0.4, 0.5) is 4.79 Å². The van der Waals surface area contributed by atoms with Crippen LogP contribution < -0.4 is 5.32 Å². The van der Waals surface area contributed by atoms with Crippen molar-refractivity contribution in [1.82, 2.24) is 10.2 Å². The molecule has 0 bridgehead atoms. The Morgan fingerprint density at radius 1 is 0.976 bits per heavy atom. The molecule has 1 unspecified atom stereocenters. The third-order valence-corrected chi connectivity index (χ3v) is 12.9. The molecule has 0 aromatic heterocycles. The van der Waals surface area contributed by atoms with Crippen LogP contribution in [-0.4, -0.2) is 43.8 Å². The maximum atomic E-state index is 12.7. The summed E-state index contributed by atoms with van der Waals surface area (Å²) in [5.41, 5.74) is 2.45. The Morgan fingerprint density at radius 2 is 1.73 bits per heavy atom. The first kappa shape index (κ1) is 32.9. The van der Waals surface area contributed by atoms with E-state index in [1.54, 1.807) is 5.57 Å². The summed E-state index contributed by atoms with van der Waals surface area (Å²) < 4.78 is 5.99. The van der Waals surface area contributed by atoms with Crippen LogP contribution in [0.15, 0.2) is 11.6 Å². The molecule has 4 rings (SSSR count). The maximum absolute atomic E-state index is 12.7. The van der Waals surface area contributed by atoms with E-state index in [1.165, 1.54) is 57.8 Å². The number of fused-ring (bicyclic) bond motifs is 5. The Kier molecular flexibility index (Phi) is 11.0. The lowest BCUT2D eigenvalue weighted by atomic mass is 9.47. The van der Waals surface area contributed by atoms with Crippen LogP contribution >= 0.6 is 0 Å². The normalized spacial score (nSPS) is 36.4. The molecule has 4 aliphatic rings. The average Bonchev–Trinajstić information content (AvgIpc) is 3.25. The van der Waals surface area contributed by atoms with E-state index in [2.05, 4.69) is 78.9 Å². The highest BCUT2D eigenvalue weighted by atomic mass is 16.6. The summed E-state index contributed by atoms with van der Waals surface area (Å²) in [6.45, 7) is 17.8. The molecule has 41 heavy (non-hydrogen) atoms. The summed E-state index contributed by atoms with van der Waals surface area (Å²) in [6, 6.07) is 0.553. The number of carbonyl (C=O) groups excluding carboxylic acids is 1. The van der Waals surface area contributed by atoms with Gasteiger partial charge in [0.25, 0.3) is 0 Å². The fourth-order valence-electron chi connectivity index (χ4n) is 10.6. The molecular weight excluding hydrogens is 504 g/mol. The highest BCUT2D eigenvalue weighted by molar-refractivity contribution is 5.67. The molecule has 0 radical (unpaired) electrons. The summed E-state index contributed by atoms with van der Waals surface area (Å²) in [5.74, 6) is 5.81. The molecule has 4 nitrogen and oxygen atoms in total. The van der Waals surface area contributed by atoms with Gasteiger partial charge in [-0.25, -0.2) is 4.79 Å². The Hall–Kier alpha value is -1.03. The molecule has 0 spiro atoms. The Balaban J connectivity index is 1.29. The number of allylic oxidation sites excluding steroid dienone is 1. The van der Waals surface area contributed by atoms with E-state index in [4.69, 9.17) is 4.74 Å². The molecule has 0 saturated heterocycles. The smallest absolute Gasteiger partial charge is 0.407 e. The van der Waals surface area contributed by atoms with Crippen molar-refractivity contribution in [2.75, 3.05) is 20.6 Å². The number of hydrogen-bond acceptors (Lipinski definition) is 3. The minimum absolute atomic E-state index is 0.0347. The molecule has 1 N–H and O–H groups in total. The highest BCUT2D eigenvalue weighted by Crippen LogP contribution is 2.67. The first-order valence-corrected chi connectivity index (χ1v) is 17.7. The lowest BCUT2D eigenvalue weighted by molar-refractivity contribution is -0.0581. The molecule has 1 amide bonds. The first-order valence-electron chi connectivity index (χ1n) is 17.7. The van der Waals surface area contributed by atoms with E-state index >= 15 is 0 Å². The molecule has 0 aromatic rings. The van der Waals surface area contributed by atoms with Gasteiger partial charge in [0.15, 0.2) is 0 Å². The van der Waals surface area contributed by atoms with Gasteiger partial charge in [0.1, 0.15) is 6.10 Å². The van der Waals surface area contributed by atoms with Crippen LogP contribution in [0.3, 0.4) is 0 Å². The van der Waals surface area contributed by atoms with E-state index in [9.17, 15) is 4.79 Å². The minimum atomic E-state index is -0.216. The van der Waals surface area contributed by atoms with Gasteiger partial charge < -0.3 is 15.0 Å². The molecule has 0 heterocycles. The van der Waals surface area contributed by atoms with Crippen LogP contribution in [0.2, 0.25) is 0 Å². The second-order valence-electron chi connectivity index (χ2n) is 16.4. The van der Waals surface area contributed by atoms with E-state index in [1.807, 2.05) is 0 Å².